The summed E-state index contributed by atoms with van der Waals surface area (Å²) in [4.78, 5) is 8.62. The quantitative estimate of drug-likeness (QED) is 0.481. The molecule has 0 fully saturated rings. The van der Waals surface area contributed by atoms with Crippen molar-refractivity contribution in [2.45, 2.75) is 0 Å². The SMILES string of the molecule is CP(=O)(Oc1cccc2cccnc12)Oc1cccc2cccnc12. The number of hydrogen-bond donors (Lipinski definition) is 0. The predicted molar refractivity (Wildman–Crippen MR) is 98.3 cm³/mol. The lowest BCUT2D eigenvalue weighted by atomic mass is 10.2. The third kappa shape index (κ3) is 3.19. The van der Waals surface area contributed by atoms with Crippen LogP contribution in [0.5, 0.6) is 11.5 Å². The van der Waals surface area contributed by atoms with Gasteiger partial charge in [0.1, 0.15) is 11.0 Å². The van der Waals surface area contributed by atoms with Crippen molar-refractivity contribution in [2.24, 2.45) is 0 Å². The fraction of sp³-hybridized carbons (Fsp3) is 0.0526. The van der Waals surface area contributed by atoms with Gasteiger partial charge >= 0.3 is 7.60 Å². The maximum Gasteiger partial charge on any atom is 0.427 e. The van der Waals surface area contributed by atoms with Crippen LogP contribution in [0, 0.1) is 0 Å². The molecule has 0 bridgehead atoms. The lowest BCUT2D eigenvalue weighted by molar-refractivity contribution is 0.396. The van der Waals surface area contributed by atoms with Crippen LogP contribution in [-0.2, 0) is 4.57 Å². The van der Waals surface area contributed by atoms with E-state index in [1.54, 1.807) is 24.5 Å². The fourth-order valence-electron chi connectivity index (χ4n) is 2.68. The van der Waals surface area contributed by atoms with Gasteiger partial charge in [0.25, 0.3) is 0 Å². The third-order valence-electron chi connectivity index (χ3n) is 3.72. The number of aromatic nitrogens is 2. The number of para-hydroxylation sites is 2. The molecule has 0 spiro atoms. The lowest BCUT2D eigenvalue weighted by Crippen LogP contribution is -2.01. The summed E-state index contributed by atoms with van der Waals surface area (Å²) >= 11 is 0. The summed E-state index contributed by atoms with van der Waals surface area (Å²) in [7, 11) is -3.43. The highest BCUT2D eigenvalue weighted by molar-refractivity contribution is 7.53. The highest BCUT2D eigenvalue weighted by atomic mass is 31.2. The van der Waals surface area contributed by atoms with E-state index in [9.17, 15) is 4.57 Å². The van der Waals surface area contributed by atoms with Gasteiger partial charge in [-0.1, -0.05) is 36.4 Å². The molecule has 4 aromatic rings. The fourth-order valence-corrected chi connectivity index (χ4v) is 3.72. The molecule has 6 heteroatoms. The Morgan fingerprint density at radius 2 is 1.16 bits per heavy atom. The van der Waals surface area contributed by atoms with E-state index in [1.165, 1.54) is 6.66 Å². The Morgan fingerprint density at radius 3 is 1.64 bits per heavy atom. The topological polar surface area (TPSA) is 61.3 Å². The number of rotatable bonds is 4. The van der Waals surface area contributed by atoms with Crippen molar-refractivity contribution in [1.82, 2.24) is 9.97 Å². The minimum absolute atomic E-state index is 0.428. The molecule has 0 saturated heterocycles. The first kappa shape index (κ1) is 15.6. The van der Waals surface area contributed by atoms with Crippen LogP contribution in [0.1, 0.15) is 0 Å². The number of pyridine rings is 2. The van der Waals surface area contributed by atoms with E-state index in [4.69, 9.17) is 9.05 Å². The van der Waals surface area contributed by atoms with Crippen molar-refractivity contribution >= 4 is 29.4 Å². The van der Waals surface area contributed by atoms with Crippen LogP contribution in [0.2, 0.25) is 0 Å². The molecule has 0 atom stereocenters. The van der Waals surface area contributed by atoms with Gasteiger partial charge < -0.3 is 9.05 Å². The molecule has 0 radical (unpaired) electrons. The lowest BCUT2D eigenvalue weighted by Gasteiger charge is -2.17. The second-order valence-corrected chi connectivity index (χ2v) is 7.52. The van der Waals surface area contributed by atoms with Crippen LogP contribution in [-0.4, -0.2) is 16.6 Å². The molecule has 0 aliphatic rings. The van der Waals surface area contributed by atoms with Crippen molar-refractivity contribution in [2.75, 3.05) is 6.66 Å². The number of benzene rings is 2. The van der Waals surface area contributed by atoms with Gasteiger partial charge in [-0.3, -0.25) is 9.97 Å². The Bertz CT molecular complexity index is 1020. The molecule has 124 valence electrons. The summed E-state index contributed by atoms with van der Waals surface area (Å²) in [6.45, 7) is 1.44. The molecule has 4 rings (SSSR count). The normalized spacial score (nSPS) is 11.6. The molecule has 2 heterocycles. The van der Waals surface area contributed by atoms with Crippen molar-refractivity contribution in [3.05, 3.63) is 73.1 Å². The second kappa shape index (κ2) is 6.19. The Balaban J connectivity index is 1.69. The van der Waals surface area contributed by atoms with Crippen molar-refractivity contribution in [3.8, 4) is 11.5 Å². The Labute approximate surface area is 144 Å². The largest absolute Gasteiger partial charge is 0.427 e. The highest BCUT2D eigenvalue weighted by Crippen LogP contribution is 2.47. The summed E-state index contributed by atoms with van der Waals surface area (Å²) in [5.74, 6) is 0.856. The molecule has 25 heavy (non-hydrogen) atoms. The van der Waals surface area contributed by atoms with E-state index in [0.29, 0.717) is 22.5 Å². The maximum absolute atomic E-state index is 12.9. The zero-order valence-corrected chi connectivity index (χ0v) is 14.4. The smallest absolute Gasteiger partial charge is 0.414 e. The minimum Gasteiger partial charge on any atom is -0.414 e. The molecule has 0 aliphatic carbocycles. The zero-order valence-electron chi connectivity index (χ0n) is 13.5. The molecule has 5 nitrogen and oxygen atoms in total. The van der Waals surface area contributed by atoms with Gasteiger partial charge in [0.15, 0.2) is 11.5 Å². The zero-order chi connectivity index (χ0) is 17.3. The summed E-state index contributed by atoms with van der Waals surface area (Å²) < 4.78 is 24.4. The van der Waals surface area contributed by atoms with E-state index in [2.05, 4.69) is 9.97 Å². The maximum atomic E-state index is 12.9. The first-order chi connectivity index (χ1) is 12.1. The Kier molecular flexibility index (Phi) is 3.86. The minimum atomic E-state index is -3.43. The molecule has 2 aromatic carbocycles. The predicted octanol–water partition coefficient (Wildman–Crippen LogP) is 5.06. The Hall–Kier alpha value is -2.91. The summed E-state index contributed by atoms with van der Waals surface area (Å²) in [6.07, 6.45) is 3.34. The van der Waals surface area contributed by atoms with Crippen LogP contribution >= 0.6 is 7.60 Å². The first-order valence-electron chi connectivity index (χ1n) is 7.77. The van der Waals surface area contributed by atoms with Gasteiger partial charge in [0.2, 0.25) is 0 Å². The number of nitrogens with zero attached hydrogens (tertiary/aromatic N) is 2. The van der Waals surface area contributed by atoms with E-state index < -0.39 is 7.60 Å². The highest BCUT2D eigenvalue weighted by Gasteiger charge is 2.23. The van der Waals surface area contributed by atoms with Crippen molar-refractivity contribution < 1.29 is 13.6 Å². The Morgan fingerprint density at radius 1 is 0.720 bits per heavy atom. The third-order valence-corrected chi connectivity index (χ3v) is 4.78. The molecule has 0 aliphatic heterocycles. The second-order valence-electron chi connectivity index (χ2n) is 5.62. The van der Waals surface area contributed by atoms with Gasteiger partial charge in [0, 0.05) is 23.2 Å². The molecular weight excluding hydrogens is 335 g/mol. The molecule has 2 aromatic heterocycles. The standard InChI is InChI=1S/C19H15N2O3P/c1-25(22,23-16-10-2-6-14-8-4-12-20-18(14)16)24-17-11-3-7-15-9-5-13-21-19(15)17/h2-13H,1H3. The van der Waals surface area contributed by atoms with Gasteiger partial charge in [-0.25, -0.2) is 4.57 Å². The summed E-state index contributed by atoms with van der Waals surface area (Å²) in [5, 5.41) is 1.82. The van der Waals surface area contributed by atoms with E-state index in [-0.39, 0.29) is 0 Å². The summed E-state index contributed by atoms with van der Waals surface area (Å²) in [5.41, 5.74) is 1.29. The average Bonchev–Trinajstić information content (AvgIpc) is 2.62. The van der Waals surface area contributed by atoms with Crippen LogP contribution < -0.4 is 9.05 Å². The average molecular weight is 350 g/mol. The van der Waals surface area contributed by atoms with Crippen LogP contribution in [0.25, 0.3) is 21.8 Å². The van der Waals surface area contributed by atoms with E-state index >= 15 is 0 Å². The molecule has 0 unspecified atom stereocenters. The summed E-state index contributed by atoms with van der Waals surface area (Å²) in [6, 6.07) is 18.5. The van der Waals surface area contributed by atoms with Crippen molar-refractivity contribution in [3.63, 3.8) is 0 Å². The van der Waals surface area contributed by atoms with Gasteiger partial charge in [-0.05, 0) is 24.3 Å². The number of fused-ring (bicyclic) bond motifs is 2. The molecule has 0 N–H and O–H groups in total. The monoisotopic (exact) mass is 350 g/mol. The van der Waals surface area contributed by atoms with Gasteiger partial charge in [-0.2, -0.15) is 0 Å². The van der Waals surface area contributed by atoms with E-state index in [1.807, 2.05) is 48.5 Å². The molecular formula is C19H15N2O3P. The van der Waals surface area contributed by atoms with Crippen LogP contribution in [0.3, 0.4) is 0 Å². The van der Waals surface area contributed by atoms with Crippen LogP contribution in [0.15, 0.2) is 73.1 Å². The number of hydrogen-bond acceptors (Lipinski definition) is 5. The van der Waals surface area contributed by atoms with Gasteiger partial charge in [-0.15, -0.1) is 0 Å². The van der Waals surface area contributed by atoms with Gasteiger partial charge in [0.05, 0.1) is 6.66 Å². The molecule has 0 saturated carbocycles. The van der Waals surface area contributed by atoms with Crippen LogP contribution in [0.4, 0.5) is 0 Å². The van der Waals surface area contributed by atoms with Crippen molar-refractivity contribution in [1.29, 1.82) is 0 Å². The first-order valence-corrected chi connectivity index (χ1v) is 9.76. The van der Waals surface area contributed by atoms with E-state index in [0.717, 1.165) is 10.8 Å². The molecule has 0 amide bonds.